The smallest absolute Gasteiger partial charge is 0.194 e. The second-order valence-corrected chi connectivity index (χ2v) is 3.87. The predicted octanol–water partition coefficient (Wildman–Crippen LogP) is 2.57. The summed E-state index contributed by atoms with van der Waals surface area (Å²) in [6.07, 6.45) is 0. The van der Waals surface area contributed by atoms with Crippen molar-refractivity contribution in [2.75, 3.05) is 7.11 Å². The quantitative estimate of drug-likeness (QED) is 0.559. The van der Waals surface area contributed by atoms with Crippen LogP contribution < -0.4 is 4.74 Å². The summed E-state index contributed by atoms with van der Waals surface area (Å²) in [6.45, 7) is 1.66. The third-order valence-corrected chi connectivity index (χ3v) is 2.54. The molecule has 1 heterocycles. The largest absolute Gasteiger partial charge is 0.495 e. The summed E-state index contributed by atoms with van der Waals surface area (Å²) in [5, 5.41) is 1.32. The maximum absolute atomic E-state index is 11.4. The minimum atomic E-state index is -0.488. The zero-order chi connectivity index (χ0) is 9.14. The minimum Gasteiger partial charge on any atom is -0.495 e. The number of rotatable bonds is 3. The molecule has 0 N–H and O–H groups in total. The fourth-order valence-corrected chi connectivity index (χ4v) is 1.88. The normalized spacial score (nSPS) is 12.6. The van der Waals surface area contributed by atoms with Gasteiger partial charge in [0.15, 0.2) is 5.78 Å². The van der Waals surface area contributed by atoms with Gasteiger partial charge in [-0.25, -0.2) is 0 Å². The number of ketones is 1. The molecule has 0 aromatic carbocycles. The molecule has 0 saturated carbocycles. The van der Waals surface area contributed by atoms with E-state index in [1.54, 1.807) is 13.0 Å². The summed E-state index contributed by atoms with van der Waals surface area (Å²) >= 11 is 7.00. The summed E-state index contributed by atoms with van der Waals surface area (Å²) in [7, 11) is 1.54. The number of alkyl halides is 1. The molecule has 0 fully saturated rings. The molecule has 4 heteroatoms. The first-order valence-corrected chi connectivity index (χ1v) is 4.78. The van der Waals surface area contributed by atoms with Crippen LogP contribution in [0.3, 0.4) is 0 Å². The number of hydrogen-bond acceptors (Lipinski definition) is 3. The second-order valence-electron chi connectivity index (χ2n) is 2.30. The van der Waals surface area contributed by atoms with Gasteiger partial charge in [-0.2, -0.15) is 0 Å². The van der Waals surface area contributed by atoms with Gasteiger partial charge in [-0.1, -0.05) is 0 Å². The van der Waals surface area contributed by atoms with E-state index in [1.165, 1.54) is 18.4 Å². The molecule has 0 saturated heterocycles. The molecular weight excluding hydrogens is 196 g/mol. The average molecular weight is 205 g/mol. The van der Waals surface area contributed by atoms with Gasteiger partial charge in [-0.05, 0) is 18.4 Å². The van der Waals surface area contributed by atoms with Crippen molar-refractivity contribution < 1.29 is 9.53 Å². The SMILES string of the molecule is COc1ccsc1C(=O)C(C)Cl. The average Bonchev–Trinajstić information content (AvgIpc) is 2.49. The topological polar surface area (TPSA) is 26.3 Å². The lowest BCUT2D eigenvalue weighted by molar-refractivity contribution is 0.0993. The molecule has 66 valence electrons. The highest BCUT2D eigenvalue weighted by Gasteiger charge is 2.17. The molecule has 12 heavy (non-hydrogen) atoms. The molecule has 0 bridgehead atoms. The van der Waals surface area contributed by atoms with Crippen LogP contribution in [-0.2, 0) is 0 Å². The van der Waals surface area contributed by atoms with Gasteiger partial charge in [0, 0.05) is 0 Å². The number of methoxy groups -OCH3 is 1. The van der Waals surface area contributed by atoms with E-state index in [0.29, 0.717) is 10.6 Å². The highest BCUT2D eigenvalue weighted by molar-refractivity contribution is 7.12. The Balaban J connectivity index is 2.94. The van der Waals surface area contributed by atoms with Crippen molar-refractivity contribution in [1.29, 1.82) is 0 Å². The van der Waals surface area contributed by atoms with E-state index in [1.807, 2.05) is 5.38 Å². The first-order chi connectivity index (χ1) is 5.66. The van der Waals surface area contributed by atoms with Crippen LogP contribution in [0, 0.1) is 0 Å². The summed E-state index contributed by atoms with van der Waals surface area (Å²) in [6, 6.07) is 1.76. The maximum Gasteiger partial charge on any atom is 0.194 e. The molecule has 0 aliphatic carbocycles. The molecule has 2 nitrogen and oxygen atoms in total. The lowest BCUT2D eigenvalue weighted by Gasteiger charge is -2.02. The molecule has 1 atom stereocenters. The van der Waals surface area contributed by atoms with Crippen LogP contribution in [0.4, 0.5) is 0 Å². The predicted molar refractivity (Wildman–Crippen MR) is 50.5 cm³/mol. The van der Waals surface area contributed by atoms with E-state index < -0.39 is 5.38 Å². The van der Waals surface area contributed by atoms with Crippen LogP contribution in [0.2, 0.25) is 0 Å². The van der Waals surface area contributed by atoms with Gasteiger partial charge in [0.2, 0.25) is 0 Å². The standard InChI is InChI=1S/C8H9ClO2S/c1-5(9)7(10)8-6(11-2)3-4-12-8/h3-5H,1-2H3. The summed E-state index contributed by atoms with van der Waals surface area (Å²) in [5.41, 5.74) is 0. The molecule has 1 unspecified atom stereocenters. The summed E-state index contributed by atoms with van der Waals surface area (Å²) in [5.74, 6) is 0.529. The Morgan fingerprint density at radius 3 is 2.92 bits per heavy atom. The fraction of sp³-hybridized carbons (Fsp3) is 0.375. The number of carbonyl (C=O) groups is 1. The van der Waals surface area contributed by atoms with Gasteiger partial charge >= 0.3 is 0 Å². The Hall–Kier alpha value is -0.540. The summed E-state index contributed by atoms with van der Waals surface area (Å²) < 4.78 is 4.99. The third-order valence-electron chi connectivity index (χ3n) is 1.43. The Morgan fingerprint density at radius 1 is 1.75 bits per heavy atom. The van der Waals surface area contributed by atoms with Crippen molar-refractivity contribution in [2.24, 2.45) is 0 Å². The van der Waals surface area contributed by atoms with Gasteiger partial charge in [0.05, 0.1) is 12.5 Å². The van der Waals surface area contributed by atoms with E-state index in [0.717, 1.165) is 0 Å². The molecule has 0 radical (unpaired) electrons. The first kappa shape index (κ1) is 9.55. The van der Waals surface area contributed by atoms with Crippen molar-refractivity contribution in [3.05, 3.63) is 16.3 Å². The zero-order valence-electron chi connectivity index (χ0n) is 6.83. The van der Waals surface area contributed by atoms with Gasteiger partial charge in [-0.3, -0.25) is 4.79 Å². The van der Waals surface area contributed by atoms with Crippen molar-refractivity contribution >= 4 is 28.7 Å². The fourth-order valence-electron chi connectivity index (χ4n) is 0.819. The molecule has 0 amide bonds. The zero-order valence-corrected chi connectivity index (χ0v) is 8.41. The van der Waals surface area contributed by atoms with Crippen molar-refractivity contribution in [3.8, 4) is 5.75 Å². The van der Waals surface area contributed by atoms with E-state index >= 15 is 0 Å². The number of halogens is 1. The van der Waals surface area contributed by atoms with E-state index in [9.17, 15) is 4.79 Å². The monoisotopic (exact) mass is 204 g/mol. The van der Waals surface area contributed by atoms with Gasteiger partial charge in [-0.15, -0.1) is 22.9 Å². The summed E-state index contributed by atoms with van der Waals surface area (Å²) in [4.78, 5) is 12.0. The Bertz CT molecular complexity index is 280. The van der Waals surface area contributed by atoms with Crippen LogP contribution in [0.5, 0.6) is 5.75 Å². The molecule has 0 aliphatic heterocycles. The Morgan fingerprint density at radius 2 is 2.42 bits per heavy atom. The maximum atomic E-state index is 11.4. The molecule has 1 rings (SSSR count). The number of carbonyl (C=O) groups excluding carboxylic acids is 1. The molecule has 0 spiro atoms. The highest BCUT2D eigenvalue weighted by Crippen LogP contribution is 2.26. The van der Waals surface area contributed by atoms with Crippen LogP contribution in [0.1, 0.15) is 16.6 Å². The van der Waals surface area contributed by atoms with Crippen molar-refractivity contribution in [3.63, 3.8) is 0 Å². The van der Waals surface area contributed by atoms with Gasteiger partial charge < -0.3 is 4.74 Å². The van der Waals surface area contributed by atoms with Gasteiger partial charge in [0.1, 0.15) is 10.6 Å². The minimum absolute atomic E-state index is 0.0801. The lowest BCUT2D eigenvalue weighted by atomic mass is 10.2. The van der Waals surface area contributed by atoms with Crippen molar-refractivity contribution in [1.82, 2.24) is 0 Å². The molecule has 0 aliphatic rings. The number of ether oxygens (including phenoxy) is 1. The van der Waals surface area contributed by atoms with Crippen LogP contribution in [0.15, 0.2) is 11.4 Å². The molecule has 1 aromatic heterocycles. The number of thiophene rings is 1. The number of hydrogen-bond donors (Lipinski definition) is 0. The van der Waals surface area contributed by atoms with Crippen molar-refractivity contribution in [2.45, 2.75) is 12.3 Å². The molecule has 1 aromatic rings. The third kappa shape index (κ3) is 1.79. The molecular formula is C8H9ClO2S. The Kier molecular flexibility index (Phi) is 3.12. The van der Waals surface area contributed by atoms with Crippen LogP contribution in [-0.4, -0.2) is 18.3 Å². The highest BCUT2D eigenvalue weighted by atomic mass is 35.5. The van der Waals surface area contributed by atoms with E-state index in [2.05, 4.69) is 0 Å². The van der Waals surface area contributed by atoms with E-state index in [4.69, 9.17) is 16.3 Å². The second kappa shape index (κ2) is 3.92. The Labute approximate surface area is 80.1 Å². The van der Waals surface area contributed by atoms with E-state index in [-0.39, 0.29) is 5.78 Å². The van der Waals surface area contributed by atoms with Crippen LogP contribution in [0.25, 0.3) is 0 Å². The van der Waals surface area contributed by atoms with Gasteiger partial charge in [0.25, 0.3) is 0 Å². The van der Waals surface area contributed by atoms with Crippen LogP contribution >= 0.6 is 22.9 Å². The first-order valence-electron chi connectivity index (χ1n) is 3.46. The number of Topliss-reactive ketones (excluding diaryl/α,β-unsaturated/α-hetero) is 1. The lowest BCUT2D eigenvalue weighted by Crippen LogP contribution is -2.09.